The number of nitrogens with one attached hydrogen (secondary N) is 1. The molecule has 1 aliphatic heterocycles. The quantitative estimate of drug-likeness (QED) is 0.301. The van der Waals surface area contributed by atoms with Crippen LogP contribution in [-0.2, 0) is 4.74 Å². The molecule has 0 radical (unpaired) electrons. The summed E-state index contributed by atoms with van der Waals surface area (Å²) in [7, 11) is 1.38. The van der Waals surface area contributed by atoms with E-state index in [0.29, 0.717) is 10.7 Å². The average Bonchev–Trinajstić information content (AvgIpc) is 3.48. The number of nitrogens with zero attached hydrogens (tertiary/aromatic N) is 3. The van der Waals surface area contributed by atoms with Gasteiger partial charge in [0.1, 0.15) is 6.04 Å². The molecule has 1 N–H and O–H groups in total. The summed E-state index contributed by atoms with van der Waals surface area (Å²) in [6, 6.07) is 23.7. The molecule has 2 unspecified atom stereocenters. The third-order valence-corrected chi connectivity index (χ3v) is 6.55. The van der Waals surface area contributed by atoms with Gasteiger partial charge in [-0.2, -0.15) is 0 Å². The number of ether oxygens (including phenoxy) is 1. The van der Waals surface area contributed by atoms with Gasteiger partial charge in [0.25, 0.3) is 0 Å². The fourth-order valence-electron chi connectivity index (χ4n) is 4.77. The Morgan fingerprint density at radius 3 is 2.37 bits per heavy atom. The summed E-state index contributed by atoms with van der Waals surface area (Å²) in [5, 5.41) is 4.18. The number of hydrogen-bond donors (Lipinski definition) is 1. The first-order chi connectivity index (χ1) is 17.0. The first-order valence-corrected chi connectivity index (χ1v) is 11.8. The lowest BCUT2D eigenvalue weighted by Crippen LogP contribution is -2.30. The van der Waals surface area contributed by atoms with E-state index in [9.17, 15) is 4.79 Å². The largest absolute Gasteiger partial charge is 0.465 e. The van der Waals surface area contributed by atoms with Crippen LogP contribution >= 0.6 is 12.2 Å². The molecule has 2 aromatic carbocycles. The predicted octanol–water partition coefficient (Wildman–Crippen LogP) is 5.45. The van der Waals surface area contributed by atoms with Gasteiger partial charge in [-0.15, -0.1) is 0 Å². The summed E-state index contributed by atoms with van der Waals surface area (Å²) in [4.78, 5) is 18.7. The smallest absolute Gasteiger partial charge is 0.337 e. The number of carbonyl (C=O) groups is 1. The summed E-state index contributed by atoms with van der Waals surface area (Å²) >= 11 is 5.88. The molecule has 176 valence electrons. The van der Waals surface area contributed by atoms with Crippen LogP contribution < -0.4 is 10.2 Å². The van der Waals surface area contributed by atoms with Gasteiger partial charge in [0.15, 0.2) is 5.11 Å². The highest BCUT2D eigenvalue weighted by Gasteiger charge is 2.42. The maximum Gasteiger partial charge on any atom is 0.337 e. The Bertz CT molecular complexity index is 1360. The Kier molecular flexibility index (Phi) is 6.09. The molecule has 4 aromatic rings. The number of aryl methyl sites for hydroxylation is 2. The lowest BCUT2D eigenvalue weighted by Gasteiger charge is -2.29. The molecule has 0 bridgehead atoms. The normalized spacial score (nSPS) is 17.3. The van der Waals surface area contributed by atoms with Crippen LogP contribution in [0.1, 0.15) is 45.0 Å². The summed E-state index contributed by atoms with van der Waals surface area (Å²) < 4.78 is 6.98. The lowest BCUT2D eigenvalue weighted by atomic mass is 10.00. The van der Waals surface area contributed by atoms with E-state index in [1.165, 1.54) is 18.2 Å². The molecule has 3 heterocycles. The van der Waals surface area contributed by atoms with Crippen molar-refractivity contribution < 1.29 is 9.53 Å². The highest BCUT2D eigenvalue weighted by Crippen LogP contribution is 2.42. The van der Waals surface area contributed by atoms with Gasteiger partial charge in [-0.05, 0) is 97.9 Å². The summed E-state index contributed by atoms with van der Waals surface area (Å²) in [6.07, 6.45) is 3.83. The number of methoxy groups -OCH3 is 1. The Morgan fingerprint density at radius 1 is 0.971 bits per heavy atom. The maximum absolute atomic E-state index is 11.9. The Labute approximate surface area is 210 Å². The standard InChI is InChI=1S/C28H26N4O2S/c1-18-15-19(2)17-22(16-18)32-26(25(30-28(32)35)23-7-4-5-13-29-23)24-8-6-14-31(24)21-11-9-20(10-12-21)27(33)34-3/h4-17,25-26H,1-3H3,(H,30,35). The fourth-order valence-corrected chi connectivity index (χ4v) is 5.12. The number of carbonyl (C=O) groups excluding carboxylic acids is 1. The molecular weight excluding hydrogens is 456 g/mol. The minimum absolute atomic E-state index is 0.145. The van der Waals surface area contributed by atoms with Gasteiger partial charge in [-0.1, -0.05) is 12.1 Å². The van der Waals surface area contributed by atoms with Crippen LogP contribution in [0.4, 0.5) is 5.69 Å². The molecule has 0 amide bonds. The topological polar surface area (TPSA) is 59.4 Å². The Balaban J connectivity index is 1.64. The molecule has 1 saturated heterocycles. The molecule has 2 aromatic heterocycles. The van der Waals surface area contributed by atoms with E-state index >= 15 is 0 Å². The van der Waals surface area contributed by atoms with Crippen LogP contribution in [0, 0.1) is 13.8 Å². The third kappa shape index (κ3) is 4.31. The van der Waals surface area contributed by atoms with Crippen LogP contribution in [0.5, 0.6) is 0 Å². The van der Waals surface area contributed by atoms with Crippen molar-refractivity contribution in [2.24, 2.45) is 0 Å². The minimum atomic E-state index is -0.356. The van der Waals surface area contributed by atoms with E-state index in [4.69, 9.17) is 17.0 Å². The van der Waals surface area contributed by atoms with Crippen molar-refractivity contribution in [3.8, 4) is 5.69 Å². The zero-order chi connectivity index (χ0) is 24.5. The fraction of sp³-hybridized carbons (Fsp3) is 0.179. The van der Waals surface area contributed by atoms with Gasteiger partial charge in [-0.3, -0.25) is 4.98 Å². The molecule has 0 spiro atoms. The predicted molar refractivity (Wildman–Crippen MR) is 141 cm³/mol. The molecule has 1 fully saturated rings. The third-order valence-electron chi connectivity index (χ3n) is 6.23. The van der Waals surface area contributed by atoms with E-state index in [0.717, 1.165) is 22.8 Å². The SMILES string of the molecule is COC(=O)c1ccc(-n2cccc2C2C(c3ccccn3)NC(=S)N2c2cc(C)cc(C)c2)cc1. The molecule has 1 aliphatic rings. The van der Waals surface area contributed by atoms with Crippen LogP contribution in [-0.4, -0.2) is 27.7 Å². The summed E-state index contributed by atoms with van der Waals surface area (Å²) in [6.45, 7) is 4.19. The van der Waals surface area contributed by atoms with E-state index in [-0.39, 0.29) is 18.1 Å². The van der Waals surface area contributed by atoms with Crippen molar-refractivity contribution in [1.82, 2.24) is 14.9 Å². The van der Waals surface area contributed by atoms with Gasteiger partial charge < -0.3 is 19.5 Å². The average molecular weight is 483 g/mol. The number of esters is 1. The van der Waals surface area contributed by atoms with Gasteiger partial charge in [-0.25, -0.2) is 4.79 Å². The zero-order valence-corrected chi connectivity index (χ0v) is 20.6. The van der Waals surface area contributed by atoms with Crippen LogP contribution in [0.2, 0.25) is 0 Å². The van der Waals surface area contributed by atoms with E-state index in [1.807, 2.05) is 42.6 Å². The van der Waals surface area contributed by atoms with Crippen LogP contribution in [0.3, 0.4) is 0 Å². The Hall–Kier alpha value is -3.97. The molecule has 5 rings (SSSR count). The van der Waals surface area contributed by atoms with Crippen molar-refractivity contribution in [1.29, 1.82) is 0 Å². The minimum Gasteiger partial charge on any atom is -0.465 e. The second-order valence-corrected chi connectivity index (χ2v) is 9.07. The molecular formula is C28H26N4O2S. The number of thiocarbonyl (C=S) groups is 1. The lowest BCUT2D eigenvalue weighted by molar-refractivity contribution is 0.0600. The molecule has 0 saturated carbocycles. The van der Waals surface area contributed by atoms with Gasteiger partial charge in [0, 0.05) is 29.5 Å². The number of aromatic nitrogens is 2. The molecule has 7 heteroatoms. The first-order valence-electron chi connectivity index (χ1n) is 11.4. The Morgan fingerprint density at radius 2 is 1.71 bits per heavy atom. The van der Waals surface area contributed by atoms with Crippen LogP contribution in [0.15, 0.2) is 85.2 Å². The first kappa shape index (κ1) is 22.8. The van der Waals surface area contributed by atoms with E-state index in [2.05, 4.69) is 57.9 Å². The van der Waals surface area contributed by atoms with E-state index < -0.39 is 0 Å². The molecule has 35 heavy (non-hydrogen) atoms. The van der Waals surface area contributed by atoms with Gasteiger partial charge in [0.05, 0.1) is 24.4 Å². The number of benzene rings is 2. The number of pyridine rings is 1. The van der Waals surface area contributed by atoms with Crippen molar-refractivity contribution in [3.05, 3.63) is 113 Å². The maximum atomic E-state index is 11.9. The number of anilines is 1. The van der Waals surface area contributed by atoms with Gasteiger partial charge >= 0.3 is 5.97 Å². The number of rotatable bonds is 5. The molecule has 2 atom stereocenters. The van der Waals surface area contributed by atoms with Gasteiger partial charge in [0.2, 0.25) is 0 Å². The number of hydrogen-bond acceptors (Lipinski definition) is 4. The zero-order valence-electron chi connectivity index (χ0n) is 19.8. The molecule has 0 aliphatic carbocycles. The monoisotopic (exact) mass is 482 g/mol. The van der Waals surface area contributed by atoms with Crippen molar-refractivity contribution >= 4 is 29.0 Å². The van der Waals surface area contributed by atoms with Crippen molar-refractivity contribution in [3.63, 3.8) is 0 Å². The summed E-state index contributed by atoms with van der Waals surface area (Å²) in [5.41, 5.74) is 6.82. The summed E-state index contributed by atoms with van der Waals surface area (Å²) in [5.74, 6) is -0.356. The highest BCUT2D eigenvalue weighted by atomic mass is 32.1. The van der Waals surface area contributed by atoms with Crippen molar-refractivity contribution in [2.45, 2.75) is 25.9 Å². The second kappa shape index (κ2) is 9.35. The second-order valence-electron chi connectivity index (χ2n) is 8.68. The highest BCUT2D eigenvalue weighted by molar-refractivity contribution is 7.80. The van der Waals surface area contributed by atoms with Crippen molar-refractivity contribution in [2.75, 3.05) is 12.0 Å². The van der Waals surface area contributed by atoms with E-state index in [1.54, 1.807) is 18.3 Å². The molecule has 6 nitrogen and oxygen atoms in total. The van der Waals surface area contributed by atoms with Crippen LogP contribution in [0.25, 0.3) is 5.69 Å².